The van der Waals surface area contributed by atoms with Crippen molar-refractivity contribution < 1.29 is 0 Å². The summed E-state index contributed by atoms with van der Waals surface area (Å²) >= 11 is -1.98. The van der Waals surface area contributed by atoms with Crippen LogP contribution in [0, 0.1) is 0 Å². The van der Waals surface area contributed by atoms with Gasteiger partial charge in [-0.3, -0.25) is 0 Å². The van der Waals surface area contributed by atoms with Crippen LogP contribution in [0.4, 0.5) is 0 Å². The van der Waals surface area contributed by atoms with Crippen molar-refractivity contribution in [2.24, 2.45) is 0 Å². The Hall–Kier alpha value is -1.52. The van der Waals surface area contributed by atoms with Gasteiger partial charge >= 0.3 is 122 Å². The van der Waals surface area contributed by atoms with Gasteiger partial charge in [-0.2, -0.15) is 0 Å². The summed E-state index contributed by atoms with van der Waals surface area (Å²) in [7, 11) is 0. The first kappa shape index (κ1) is 12.5. The minimum atomic E-state index is -1.98. The predicted molar refractivity (Wildman–Crippen MR) is 85.4 cm³/mol. The molecule has 0 saturated heterocycles. The van der Waals surface area contributed by atoms with Crippen LogP contribution in [0.2, 0.25) is 0 Å². The fraction of sp³-hybridized carbons (Fsp3) is 0. The molecule has 0 aromatic heterocycles. The van der Waals surface area contributed by atoms with Crippen molar-refractivity contribution in [3.8, 4) is 0 Å². The molecule has 0 nitrogen and oxygen atoms in total. The van der Waals surface area contributed by atoms with Crippen molar-refractivity contribution in [2.45, 2.75) is 0 Å². The number of hydrogen-bond acceptors (Lipinski definition) is 0. The Balaban J connectivity index is 2.12. The molecule has 0 atom stereocenters. The van der Waals surface area contributed by atoms with Gasteiger partial charge in [-0.25, -0.2) is 0 Å². The maximum atomic E-state index is 2.29. The monoisotopic (exact) mass is 353 g/mol. The van der Waals surface area contributed by atoms with Crippen molar-refractivity contribution >= 4 is 30.7 Å². The Labute approximate surface area is 121 Å². The van der Waals surface area contributed by atoms with Crippen molar-refractivity contribution in [1.29, 1.82) is 0 Å². The molecule has 19 heavy (non-hydrogen) atoms. The number of hydrogen-bond donors (Lipinski definition) is 0. The molecule has 0 aliphatic rings. The van der Waals surface area contributed by atoms with E-state index in [9.17, 15) is 0 Å². The van der Waals surface area contributed by atoms with Crippen LogP contribution in [-0.2, 0) is 0 Å². The third-order valence-corrected chi connectivity index (χ3v) is 11.0. The molecule has 0 amide bonds. The predicted octanol–water partition coefficient (Wildman–Crippen LogP) is 1.94. The zero-order chi connectivity index (χ0) is 12.9. The van der Waals surface area contributed by atoms with Crippen LogP contribution in [-0.4, -0.2) is 20.2 Å². The van der Waals surface area contributed by atoms with Gasteiger partial charge in [0.25, 0.3) is 0 Å². The fourth-order valence-electron chi connectivity index (χ4n) is 2.31. The van der Waals surface area contributed by atoms with E-state index in [1.54, 1.807) is 0 Å². The third kappa shape index (κ3) is 2.91. The van der Waals surface area contributed by atoms with Crippen LogP contribution in [0.25, 0.3) is 0 Å². The molecule has 0 bridgehead atoms. The van der Waals surface area contributed by atoms with Crippen LogP contribution in [0.1, 0.15) is 0 Å². The van der Waals surface area contributed by atoms with Gasteiger partial charge in [0.05, 0.1) is 0 Å². The van der Waals surface area contributed by atoms with Crippen LogP contribution in [0.3, 0.4) is 0 Å². The van der Waals surface area contributed by atoms with Gasteiger partial charge in [0.15, 0.2) is 0 Å². The van der Waals surface area contributed by atoms with Crippen LogP contribution < -0.4 is 10.5 Å². The molecule has 0 saturated carbocycles. The zero-order valence-corrected chi connectivity index (χ0v) is 13.5. The summed E-state index contributed by atoms with van der Waals surface area (Å²) in [4.78, 5) is 0. The van der Waals surface area contributed by atoms with E-state index in [1.165, 1.54) is 10.5 Å². The molecule has 3 rings (SSSR count). The molecule has 0 spiro atoms. The Kier molecular flexibility index (Phi) is 4.00. The summed E-state index contributed by atoms with van der Waals surface area (Å²) in [5.74, 6) is 0. The third-order valence-electron chi connectivity index (χ3n) is 3.19. The summed E-state index contributed by atoms with van der Waals surface area (Å²) in [6.07, 6.45) is 0. The van der Waals surface area contributed by atoms with Crippen LogP contribution in [0.5, 0.6) is 0 Å². The zero-order valence-electron chi connectivity index (χ0n) is 10.7. The molecule has 0 unspecified atom stereocenters. The van der Waals surface area contributed by atoms with E-state index >= 15 is 0 Å². The van der Waals surface area contributed by atoms with E-state index in [0.717, 1.165) is 0 Å². The van der Waals surface area contributed by atoms with Crippen molar-refractivity contribution in [2.75, 3.05) is 0 Å². The molecule has 3 aromatic carbocycles. The molecule has 1 heteroatoms. The Morgan fingerprint density at radius 3 is 0.895 bits per heavy atom. The second-order valence-electron chi connectivity index (χ2n) is 4.47. The molecule has 92 valence electrons. The molecular formula is C18H16Sb+. The first-order chi connectivity index (χ1) is 9.45. The van der Waals surface area contributed by atoms with Gasteiger partial charge in [-0.1, -0.05) is 0 Å². The van der Waals surface area contributed by atoms with E-state index < -0.39 is 20.2 Å². The number of benzene rings is 3. The molecule has 0 heterocycles. The molecule has 0 fully saturated rings. The first-order valence-electron chi connectivity index (χ1n) is 6.48. The van der Waals surface area contributed by atoms with Gasteiger partial charge in [0.1, 0.15) is 0 Å². The normalized spacial score (nSPS) is 10.6. The van der Waals surface area contributed by atoms with Crippen LogP contribution >= 0.6 is 0 Å². The van der Waals surface area contributed by atoms with Gasteiger partial charge in [-0.05, 0) is 0 Å². The summed E-state index contributed by atoms with van der Waals surface area (Å²) in [5.41, 5.74) is 0. The molecule has 0 radical (unpaired) electrons. The molecule has 0 aliphatic heterocycles. The van der Waals surface area contributed by atoms with E-state index in [0.29, 0.717) is 0 Å². The number of rotatable bonds is 3. The van der Waals surface area contributed by atoms with E-state index in [-0.39, 0.29) is 0 Å². The average Bonchev–Trinajstić information content (AvgIpc) is 2.51. The Bertz CT molecular complexity index is 524. The molecular weight excluding hydrogens is 338 g/mol. The summed E-state index contributed by atoms with van der Waals surface area (Å²) in [6, 6.07) is 32.9. The SMILES string of the molecule is c1cc[c]([SbH+]([c]2ccccc2)[c]2ccccc2)cc1. The van der Waals surface area contributed by atoms with Crippen LogP contribution in [0.15, 0.2) is 91.0 Å². The minimum absolute atomic E-state index is 1.53. The molecule has 3 aromatic rings. The fourth-order valence-corrected chi connectivity index (χ4v) is 9.67. The standard InChI is InChI=1S/3C6H5.Sb.H/c3*1-2-4-6-5-3-1;;/h3*1-5H;;/q;;;+1;. The maximum absolute atomic E-state index is 2.29. The average molecular weight is 354 g/mol. The Morgan fingerprint density at radius 2 is 0.632 bits per heavy atom. The second kappa shape index (κ2) is 6.08. The first-order valence-corrected chi connectivity index (χ1v) is 10.8. The molecule has 0 aliphatic carbocycles. The van der Waals surface area contributed by atoms with Gasteiger partial charge < -0.3 is 0 Å². The van der Waals surface area contributed by atoms with E-state index in [1.807, 2.05) is 0 Å². The summed E-state index contributed by atoms with van der Waals surface area (Å²) in [6.45, 7) is 0. The van der Waals surface area contributed by atoms with Crippen molar-refractivity contribution in [3.63, 3.8) is 0 Å². The second-order valence-corrected chi connectivity index (χ2v) is 11.6. The topological polar surface area (TPSA) is 0 Å². The van der Waals surface area contributed by atoms with Crippen molar-refractivity contribution in [1.82, 2.24) is 0 Å². The van der Waals surface area contributed by atoms with Crippen molar-refractivity contribution in [3.05, 3.63) is 91.0 Å². The van der Waals surface area contributed by atoms with Gasteiger partial charge in [0.2, 0.25) is 0 Å². The Morgan fingerprint density at radius 1 is 0.368 bits per heavy atom. The van der Waals surface area contributed by atoms with Gasteiger partial charge in [0, 0.05) is 0 Å². The molecule has 0 N–H and O–H groups in total. The van der Waals surface area contributed by atoms with E-state index in [4.69, 9.17) is 0 Å². The summed E-state index contributed by atoms with van der Waals surface area (Å²) < 4.78 is 4.59. The van der Waals surface area contributed by atoms with Gasteiger partial charge in [-0.15, -0.1) is 0 Å². The van der Waals surface area contributed by atoms with E-state index in [2.05, 4.69) is 91.0 Å². The summed E-state index contributed by atoms with van der Waals surface area (Å²) in [5, 5.41) is 0. The quantitative estimate of drug-likeness (QED) is 0.631.